The second-order valence-corrected chi connectivity index (χ2v) is 3.25. The Hall–Kier alpha value is -1.14. The lowest BCUT2D eigenvalue weighted by Gasteiger charge is -2.08. The van der Waals surface area contributed by atoms with E-state index < -0.39 is 0 Å². The van der Waals surface area contributed by atoms with Crippen molar-refractivity contribution in [2.24, 2.45) is 5.73 Å². The lowest BCUT2D eigenvalue weighted by Crippen LogP contribution is -2.40. The van der Waals surface area contributed by atoms with Gasteiger partial charge in [0.2, 0.25) is 11.8 Å². The molecule has 0 aliphatic rings. The van der Waals surface area contributed by atoms with Gasteiger partial charge in [0.05, 0.1) is 25.8 Å². The predicted molar refractivity (Wildman–Crippen MR) is 56.2 cm³/mol. The molecule has 0 saturated carbocycles. The lowest BCUT2D eigenvalue weighted by atomic mass is 10.5. The molecule has 2 amide bonds. The summed E-state index contributed by atoms with van der Waals surface area (Å²) in [6.45, 7) is 4.60. The molecule has 88 valence electrons. The molecule has 0 rings (SSSR count). The number of rotatable bonds is 7. The maximum Gasteiger partial charge on any atom is 0.239 e. The van der Waals surface area contributed by atoms with Crippen molar-refractivity contribution in [2.45, 2.75) is 20.0 Å². The van der Waals surface area contributed by atoms with Crippen LogP contribution in [0.5, 0.6) is 0 Å². The second-order valence-electron chi connectivity index (χ2n) is 3.25. The van der Waals surface area contributed by atoms with E-state index >= 15 is 0 Å². The third-order valence-corrected chi connectivity index (χ3v) is 1.51. The molecular formula is C9H19N3O3. The number of nitrogens with two attached hydrogens (primary N) is 1. The van der Waals surface area contributed by atoms with Gasteiger partial charge in [0, 0.05) is 6.54 Å². The molecule has 0 aromatic heterocycles. The van der Waals surface area contributed by atoms with Crippen molar-refractivity contribution in [2.75, 3.05) is 26.2 Å². The largest absolute Gasteiger partial charge is 0.377 e. The number of hydrogen-bond donors (Lipinski definition) is 3. The monoisotopic (exact) mass is 217 g/mol. The Morgan fingerprint density at radius 1 is 1.27 bits per heavy atom. The average molecular weight is 217 g/mol. The van der Waals surface area contributed by atoms with E-state index in [0.717, 1.165) is 0 Å². The van der Waals surface area contributed by atoms with Crippen LogP contribution in [-0.2, 0) is 14.3 Å². The molecule has 6 nitrogen and oxygen atoms in total. The smallest absolute Gasteiger partial charge is 0.239 e. The average Bonchev–Trinajstić information content (AvgIpc) is 2.20. The van der Waals surface area contributed by atoms with Crippen molar-refractivity contribution in [1.82, 2.24) is 10.6 Å². The lowest BCUT2D eigenvalue weighted by molar-refractivity contribution is -0.125. The van der Waals surface area contributed by atoms with Crippen molar-refractivity contribution in [3.8, 4) is 0 Å². The fourth-order valence-corrected chi connectivity index (χ4v) is 0.799. The second kappa shape index (κ2) is 8.19. The number of amides is 2. The first kappa shape index (κ1) is 13.9. The van der Waals surface area contributed by atoms with E-state index in [1.807, 2.05) is 13.8 Å². The van der Waals surface area contributed by atoms with Crippen molar-refractivity contribution in [1.29, 1.82) is 0 Å². The summed E-state index contributed by atoms with van der Waals surface area (Å²) < 4.78 is 5.22. The fraction of sp³-hybridized carbons (Fsp3) is 0.778. The van der Waals surface area contributed by atoms with Crippen LogP contribution < -0.4 is 16.4 Å². The zero-order valence-electron chi connectivity index (χ0n) is 9.21. The highest BCUT2D eigenvalue weighted by atomic mass is 16.5. The van der Waals surface area contributed by atoms with Crippen LogP contribution >= 0.6 is 0 Å². The number of hydrogen-bond acceptors (Lipinski definition) is 4. The summed E-state index contributed by atoms with van der Waals surface area (Å²) in [5, 5.41) is 4.96. The molecule has 0 radical (unpaired) electrons. The molecule has 0 heterocycles. The van der Waals surface area contributed by atoms with Gasteiger partial charge in [-0.3, -0.25) is 9.59 Å². The number of ether oxygens (including phenoxy) is 1. The quantitative estimate of drug-likeness (QED) is 0.457. The minimum atomic E-state index is -0.344. The Morgan fingerprint density at radius 3 is 2.47 bits per heavy atom. The maximum absolute atomic E-state index is 11.1. The van der Waals surface area contributed by atoms with Crippen LogP contribution in [-0.4, -0.2) is 44.2 Å². The zero-order chi connectivity index (χ0) is 11.7. The van der Waals surface area contributed by atoms with Gasteiger partial charge in [0.25, 0.3) is 0 Å². The van der Waals surface area contributed by atoms with E-state index in [2.05, 4.69) is 10.6 Å². The summed E-state index contributed by atoms with van der Waals surface area (Å²) in [4.78, 5) is 21.8. The summed E-state index contributed by atoms with van der Waals surface area (Å²) in [5.74, 6) is -0.590. The Labute approximate surface area is 89.5 Å². The topological polar surface area (TPSA) is 93.5 Å². The molecule has 0 spiro atoms. The van der Waals surface area contributed by atoms with Gasteiger partial charge in [-0.2, -0.15) is 0 Å². The Kier molecular flexibility index (Phi) is 7.57. The first-order valence-corrected chi connectivity index (χ1v) is 4.91. The van der Waals surface area contributed by atoms with Gasteiger partial charge in [-0.15, -0.1) is 0 Å². The zero-order valence-corrected chi connectivity index (χ0v) is 9.21. The molecule has 0 saturated heterocycles. The van der Waals surface area contributed by atoms with Crippen LogP contribution in [0.25, 0.3) is 0 Å². The number of carbonyl (C=O) groups excluding carboxylic acids is 2. The molecule has 0 atom stereocenters. The van der Waals surface area contributed by atoms with Gasteiger partial charge in [0.1, 0.15) is 0 Å². The normalized spacial score (nSPS) is 10.1. The minimum absolute atomic E-state index is 0.0439. The van der Waals surface area contributed by atoms with Crippen molar-refractivity contribution >= 4 is 11.8 Å². The van der Waals surface area contributed by atoms with Crippen molar-refractivity contribution < 1.29 is 14.3 Å². The highest BCUT2D eigenvalue weighted by Gasteiger charge is 2.02. The number of nitrogens with one attached hydrogen (secondary N) is 2. The molecule has 0 aromatic rings. The maximum atomic E-state index is 11.1. The molecule has 0 aliphatic heterocycles. The van der Waals surface area contributed by atoms with E-state index in [4.69, 9.17) is 10.5 Å². The van der Waals surface area contributed by atoms with Crippen LogP contribution in [0, 0.1) is 0 Å². The Balaban J connectivity index is 3.37. The molecule has 4 N–H and O–H groups in total. The highest BCUT2D eigenvalue weighted by Crippen LogP contribution is 1.84. The molecule has 0 aromatic carbocycles. The van der Waals surface area contributed by atoms with Gasteiger partial charge in [-0.25, -0.2) is 0 Å². The van der Waals surface area contributed by atoms with Crippen LogP contribution in [0.3, 0.4) is 0 Å². The van der Waals surface area contributed by atoms with E-state index in [1.54, 1.807) is 0 Å². The first-order chi connectivity index (χ1) is 7.06. The van der Waals surface area contributed by atoms with E-state index in [0.29, 0.717) is 13.2 Å². The summed E-state index contributed by atoms with van der Waals surface area (Å²) in [6.07, 6.45) is 0.152. The van der Waals surface area contributed by atoms with E-state index in [-0.39, 0.29) is 31.0 Å². The van der Waals surface area contributed by atoms with Gasteiger partial charge in [-0.05, 0) is 13.8 Å². The molecular weight excluding hydrogens is 198 g/mol. The van der Waals surface area contributed by atoms with Crippen molar-refractivity contribution in [3.63, 3.8) is 0 Å². The van der Waals surface area contributed by atoms with Gasteiger partial charge < -0.3 is 21.1 Å². The SMILES string of the molecule is CC(C)OCCNC(=O)CNC(=O)CN. The summed E-state index contributed by atoms with van der Waals surface area (Å²) in [7, 11) is 0. The summed E-state index contributed by atoms with van der Waals surface area (Å²) in [6, 6.07) is 0. The molecule has 15 heavy (non-hydrogen) atoms. The third kappa shape index (κ3) is 9.17. The van der Waals surface area contributed by atoms with E-state index in [9.17, 15) is 9.59 Å². The fourth-order valence-electron chi connectivity index (χ4n) is 0.799. The molecule has 0 aliphatic carbocycles. The summed E-state index contributed by atoms with van der Waals surface area (Å²) >= 11 is 0. The van der Waals surface area contributed by atoms with Crippen LogP contribution in [0.15, 0.2) is 0 Å². The van der Waals surface area contributed by atoms with E-state index in [1.165, 1.54) is 0 Å². The molecule has 0 bridgehead atoms. The molecule has 0 unspecified atom stereocenters. The Morgan fingerprint density at radius 2 is 1.93 bits per heavy atom. The standard InChI is InChI=1S/C9H19N3O3/c1-7(2)15-4-3-11-9(14)6-12-8(13)5-10/h7H,3-6,10H2,1-2H3,(H,11,14)(H,12,13). The first-order valence-electron chi connectivity index (χ1n) is 4.91. The van der Waals surface area contributed by atoms with Crippen LogP contribution in [0.2, 0.25) is 0 Å². The third-order valence-electron chi connectivity index (χ3n) is 1.51. The van der Waals surface area contributed by atoms with Crippen LogP contribution in [0.4, 0.5) is 0 Å². The van der Waals surface area contributed by atoms with Crippen LogP contribution in [0.1, 0.15) is 13.8 Å². The Bertz CT molecular complexity index is 207. The van der Waals surface area contributed by atoms with Gasteiger partial charge >= 0.3 is 0 Å². The van der Waals surface area contributed by atoms with Crippen molar-refractivity contribution in [3.05, 3.63) is 0 Å². The highest BCUT2D eigenvalue weighted by molar-refractivity contribution is 5.85. The summed E-state index contributed by atoms with van der Waals surface area (Å²) in [5.41, 5.74) is 5.05. The minimum Gasteiger partial charge on any atom is -0.377 e. The van der Waals surface area contributed by atoms with Gasteiger partial charge in [-0.1, -0.05) is 0 Å². The molecule has 0 fully saturated rings. The predicted octanol–water partition coefficient (Wildman–Crippen LogP) is -1.40. The molecule has 6 heteroatoms. The van der Waals surface area contributed by atoms with Gasteiger partial charge in [0.15, 0.2) is 0 Å². The number of carbonyl (C=O) groups is 2.